The molecule has 0 atom stereocenters. The molecule has 0 unspecified atom stereocenters. The summed E-state index contributed by atoms with van der Waals surface area (Å²) in [6, 6.07) is -0.407. The minimum absolute atomic E-state index is 0.319. The van der Waals surface area contributed by atoms with Crippen LogP contribution >= 0.6 is 11.3 Å². The molecule has 7 heteroatoms. The second kappa shape index (κ2) is 5.78. The molecule has 6 nitrogen and oxygen atoms in total. The van der Waals surface area contributed by atoms with Crippen LogP contribution in [0.3, 0.4) is 0 Å². The summed E-state index contributed by atoms with van der Waals surface area (Å²) in [6.45, 7) is 8.76. The monoisotopic (exact) mass is 299 g/mol. The van der Waals surface area contributed by atoms with Crippen molar-refractivity contribution in [3.8, 4) is 0 Å². The predicted molar refractivity (Wildman–Crippen MR) is 77.7 cm³/mol. The number of nitrogens with zero attached hydrogens (tertiary/aromatic N) is 1. The van der Waals surface area contributed by atoms with Gasteiger partial charge in [0.25, 0.3) is 0 Å². The first kappa shape index (κ1) is 16.4. The van der Waals surface area contributed by atoms with Gasteiger partial charge in [-0.3, -0.25) is 4.79 Å². The van der Waals surface area contributed by atoms with Gasteiger partial charge in [0.2, 0.25) is 0 Å². The van der Waals surface area contributed by atoms with E-state index in [1.165, 1.54) is 11.3 Å². The summed E-state index contributed by atoms with van der Waals surface area (Å²) in [5.41, 5.74) is -1.18. The second-order valence-electron chi connectivity index (χ2n) is 5.72. The molecule has 20 heavy (non-hydrogen) atoms. The fourth-order valence-corrected chi connectivity index (χ4v) is 2.02. The Balaban J connectivity index is 2.59. The number of thiazole rings is 1. The van der Waals surface area contributed by atoms with Gasteiger partial charge in [-0.1, -0.05) is 0 Å². The normalized spacial score (nSPS) is 12.1. The number of carbonyl (C=O) groups excluding carboxylic acids is 1. The highest BCUT2D eigenvalue weighted by molar-refractivity contribution is 7.09. The van der Waals surface area contributed by atoms with Crippen molar-refractivity contribution in [3.05, 3.63) is 16.1 Å². The largest absolute Gasteiger partial charge is 0.481 e. The van der Waals surface area contributed by atoms with E-state index in [2.05, 4.69) is 15.6 Å². The van der Waals surface area contributed by atoms with Gasteiger partial charge in [-0.15, -0.1) is 11.3 Å². The Hall–Kier alpha value is -1.63. The van der Waals surface area contributed by atoms with Gasteiger partial charge in [0.1, 0.15) is 0 Å². The first-order valence-corrected chi connectivity index (χ1v) is 7.14. The third-order valence-corrected chi connectivity index (χ3v) is 4.44. The number of amides is 2. The van der Waals surface area contributed by atoms with Gasteiger partial charge in [0.15, 0.2) is 0 Å². The number of nitrogens with one attached hydrogen (secondary N) is 2. The van der Waals surface area contributed by atoms with Crippen LogP contribution in [0.1, 0.15) is 38.4 Å². The summed E-state index contributed by atoms with van der Waals surface area (Å²) in [7, 11) is 0. The number of carbonyl (C=O) groups is 2. The van der Waals surface area contributed by atoms with E-state index in [1.807, 2.05) is 12.3 Å². The van der Waals surface area contributed by atoms with E-state index >= 15 is 0 Å². The molecule has 1 heterocycles. The summed E-state index contributed by atoms with van der Waals surface area (Å²) >= 11 is 1.52. The third-order valence-electron chi connectivity index (χ3n) is 3.62. The fourth-order valence-electron chi connectivity index (χ4n) is 1.41. The molecule has 1 rings (SSSR count). The Bertz CT molecular complexity index is 509. The number of carboxylic acid groups (broad SMARTS) is 1. The molecule has 2 amide bonds. The van der Waals surface area contributed by atoms with Gasteiger partial charge in [-0.05, 0) is 34.6 Å². The van der Waals surface area contributed by atoms with Crippen LogP contribution < -0.4 is 10.6 Å². The number of carboxylic acids is 1. The zero-order chi connectivity index (χ0) is 15.6. The van der Waals surface area contributed by atoms with Crippen molar-refractivity contribution in [2.24, 2.45) is 5.41 Å². The van der Waals surface area contributed by atoms with E-state index in [0.717, 1.165) is 10.7 Å². The van der Waals surface area contributed by atoms with Gasteiger partial charge in [-0.25, -0.2) is 9.78 Å². The lowest BCUT2D eigenvalue weighted by Gasteiger charge is -2.38. The molecule has 112 valence electrons. The fraction of sp³-hybridized carbons (Fsp3) is 0.615. The maximum Gasteiger partial charge on any atom is 0.315 e. The Morgan fingerprint density at radius 2 is 1.95 bits per heavy atom. The van der Waals surface area contributed by atoms with Crippen molar-refractivity contribution in [3.63, 3.8) is 0 Å². The molecule has 0 spiro atoms. The van der Waals surface area contributed by atoms with E-state index in [1.54, 1.807) is 27.7 Å². The number of hydrogen-bond acceptors (Lipinski definition) is 4. The Labute approximate surface area is 122 Å². The maximum atomic E-state index is 11.9. The highest BCUT2D eigenvalue weighted by Crippen LogP contribution is 2.30. The molecular formula is C13H21N3O3S. The first-order chi connectivity index (χ1) is 9.06. The summed E-state index contributed by atoms with van der Waals surface area (Å²) < 4.78 is 0. The maximum absolute atomic E-state index is 11.9. The van der Waals surface area contributed by atoms with Crippen molar-refractivity contribution < 1.29 is 14.7 Å². The highest BCUT2D eigenvalue weighted by Gasteiger charge is 2.44. The van der Waals surface area contributed by atoms with Crippen LogP contribution in [-0.4, -0.2) is 27.6 Å². The molecule has 0 aliphatic carbocycles. The van der Waals surface area contributed by atoms with Gasteiger partial charge in [0, 0.05) is 5.38 Å². The molecule has 0 radical (unpaired) electrons. The van der Waals surface area contributed by atoms with Crippen LogP contribution in [0.25, 0.3) is 0 Å². The molecule has 0 saturated carbocycles. The van der Waals surface area contributed by atoms with Crippen molar-refractivity contribution in [1.82, 2.24) is 15.6 Å². The van der Waals surface area contributed by atoms with Crippen molar-refractivity contribution in [1.29, 1.82) is 0 Å². The smallest absolute Gasteiger partial charge is 0.315 e. The first-order valence-electron chi connectivity index (χ1n) is 6.26. The third kappa shape index (κ3) is 3.69. The number of urea groups is 1. The van der Waals surface area contributed by atoms with Crippen molar-refractivity contribution >= 4 is 23.3 Å². The van der Waals surface area contributed by atoms with Gasteiger partial charge >= 0.3 is 12.0 Å². The number of aryl methyl sites for hydroxylation is 1. The van der Waals surface area contributed by atoms with E-state index < -0.39 is 23.0 Å². The van der Waals surface area contributed by atoms with Gasteiger partial charge in [0.05, 0.1) is 28.2 Å². The Morgan fingerprint density at radius 3 is 2.40 bits per heavy atom. The molecule has 0 aliphatic heterocycles. The predicted octanol–water partition coefficient (Wildman–Crippen LogP) is 2.14. The van der Waals surface area contributed by atoms with Crippen molar-refractivity contribution in [2.75, 3.05) is 0 Å². The standard InChI is InChI=1S/C13H21N3O3S/c1-8-15-9(7-20-8)6-14-11(19)16-13(4,5)12(2,3)10(17)18/h7H,6H2,1-5H3,(H,17,18)(H2,14,16,19). The minimum atomic E-state index is -1.08. The van der Waals surface area contributed by atoms with E-state index in [0.29, 0.717) is 6.54 Å². The number of rotatable bonds is 5. The van der Waals surface area contributed by atoms with Crippen molar-refractivity contribution in [2.45, 2.75) is 46.7 Å². The quantitative estimate of drug-likeness (QED) is 0.777. The number of hydrogen-bond donors (Lipinski definition) is 3. The SMILES string of the molecule is Cc1nc(CNC(=O)NC(C)(C)C(C)(C)C(=O)O)cs1. The van der Waals surface area contributed by atoms with E-state index in [4.69, 9.17) is 0 Å². The lowest BCUT2D eigenvalue weighted by molar-refractivity contribution is -0.150. The topological polar surface area (TPSA) is 91.3 Å². The van der Waals surface area contributed by atoms with Crippen LogP contribution in [-0.2, 0) is 11.3 Å². The molecule has 1 aromatic heterocycles. The molecular weight excluding hydrogens is 278 g/mol. The molecule has 1 aromatic rings. The molecule has 0 saturated heterocycles. The van der Waals surface area contributed by atoms with Crippen LogP contribution in [0, 0.1) is 12.3 Å². The van der Waals surface area contributed by atoms with Gasteiger partial charge < -0.3 is 15.7 Å². The van der Waals surface area contributed by atoms with Crippen LogP contribution in [0.5, 0.6) is 0 Å². The molecule has 0 bridgehead atoms. The summed E-state index contributed by atoms with van der Waals surface area (Å²) in [4.78, 5) is 27.4. The molecule has 0 fully saturated rings. The number of aromatic nitrogens is 1. The summed E-state index contributed by atoms with van der Waals surface area (Å²) in [6.07, 6.45) is 0. The van der Waals surface area contributed by atoms with E-state index in [-0.39, 0.29) is 0 Å². The Morgan fingerprint density at radius 1 is 1.35 bits per heavy atom. The summed E-state index contributed by atoms with van der Waals surface area (Å²) in [5.74, 6) is -0.960. The zero-order valence-corrected chi connectivity index (χ0v) is 13.2. The van der Waals surface area contributed by atoms with Gasteiger partial charge in [-0.2, -0.15) is 0 Å². The molecule has 0 aliphatic rings. The lowest BCUT2D eigenvalue weighted by atomic mass is 9.74. The molecule has 0 aromatic carbocycles. The minimum Gasteiger partial charge on any atom is -0.481 e. The highest BCUT2D eigenvalue weighted by atomic mass is 32.1. The Kier molecular flexibility index (Phi) is 4.75. The van der Waals surface area contributed by atoms with Crippen LogP contribution in [0.15, 0.2) is 5.38 Å². The van der Waals surface area contributed by atoms with E-state index in [9.17, 15) is 14.7 Å². The zero-order valence-electron chi connectivity index (χ0n) is 12.4. The average Bonchev–Trinajstić information content (AvgIpc) is 2.71. The number of aliphatic carboxylic acids is 1. The average molecular weight is 299 g/mol. The molecule has 3 N–H and O–H groups in total. The summed E-state index contributed by atoms with van der Waals surface area (Å²) in [5, 5.41) is 17.4. The second-order valence-corrected chi connectivity index (χ2v) is 6.78. The van der Waals surface area contributed by atoms with Crippen LogP contribution in [0.2, 0.25) is 0 Å². The lowest BCUT2D eigenvalue weighted by Crippen LogP contribution is -2.58. The van der Waals surface area contributed by atoms with Crippen LogP contribution in [0.4, 0.5) is 4.79 Å².